The van der Waals surface area contributed by atoms with E-state index in [0.29, 0.717) is 35.2 Å². The largest absolute Gasteiger partial charge is 0.433 e. The zero-order valence-corrected chi connectivity index (χ0v) is 12.5. The van der Waals surface area contributed by atoms with Crippen LogP contribution in [0.5, 0.6) is 11.6 Å². The third-order valence-electron chi connectivity index (χ3n) is 3.74. The van der Waals surface area contributed by atoms with Crippen LogP contribution >= 0.6 is 0 Å². The van der Waals surface area contributed by atoms with Crippen molar-refractivity contribution in [3.05, 3.63) is 65.2 Å². The number of benzene rings is 2. The van der Waals surface area contributed by atoms with Gasteiger partial charge in [0.05, 0.1) is 27.7 Å². The second kappa shape index (κ2) is 5.31. The normalized spacial score (nSPS) is 12.2. The van der Waals surface area contributed by atoms with Gasteiger partial charge < -0.3 is 9.64 Å². The number of aromatic nitrogens is 2. The molecule has 0 saturated heterocycles. The number of para-hydroxylation sites is 2. The van der Waals surface area contributed by atoms with Crippen molar-refractivity contribution < 1.29 is 9.66 Å². The molecule has 0 aliphatic carbocycles. The summed E-state index contributed by atoms with van der Waals surface area (Å²) in [6.45, 7) is 4.25. The van der Waals surface area contributed by atoms with E-state index in [-0.39, 0.29) is 5.69 Å². The van der Waals surface area contributed by atoms with Gasteiger partial charge in [0, 0.05) is 12.6 Å². The van der Waals surface area contributed by atoms with Crippen LogP contribution in [-0.4, -0.2) is 21.4 Å². The number of ether oxygens (including phenoxy) is 1. The molecule has 0 bridgehead atoms. The number of rotatable bonds is 3. The average molecular weight is 320 g/mol. The van der Waals surface area contributed by atoms with Crippen LogP contribution in [0.2, 0.25) is 0 Å². The molecule has 0 fully saturated rings. The quantitative estimate of drug-likeness (QED) is 0.412. The average Bonchev–Trinajstić information content (AvgIpc) is 2.59. The zero-order valence-electron chi connectivity index (χ0n) is 12.5. The Labute approximate surface area is 137 Å². The van der Waals surface area contributed by atoms with Gasteiger partial charge in [-0.2, -0.15) is 0 Å². The first kappa shape index (κ1) is 14.1. The molecule has 7 heteroatoms. The van der Waals surface area contributed by atoms with E-state index in [4.69, 9.17) is 4.74 Å². The van der Waals surface area contributed by atoms with E-state index in [1.54, 1.807) is 12.1 Å². The molecule has 118 valence electrons. The number of hydrogen-bond acceptors (Lipinski definition) is 6. The highest BCUT2D eigenvalue weighted by Gasteiger charge is 2.28. The first-order chi connectivity index (χ1) is 11.7. The molecule has 7 nitrogen and oxygen atoms in total. The summed E-state index contributed by atoms with van der Waals surface area (Å²) in [5.41, 5.74) is 2.10. The molecule has 2 heterocycles. The van der Waals surface area contributed by atoms with Gasteiger partial charge in [0.25, 0.3) is 11.6 Å². The Balaban J connectivity index is 1.92. The van der Waals surface area contributed by atoms with Crippen LogP contribution in [0.4, 0.5) is 17.2 Å². The van der Waals surface area contributed by atoms with Crippen LogP contribution in [0.3, 0.4) is 0 Å². The Kier molecular flexibility index (Phi) is 3.13. The number of nitro groups is 1. The minimum atomic E-state index is -0.455. The highest BCUT2D eigenvalue weighted by Crippen LogP contribution is 2.46. The molecule has 0 N–H and O–H groups in total. The molecule has 0 unspecified atom stereocenters. The van der Waals surface area contributed by atoms with E-state index in [1.165, 1.54) is 12.1 Å². The highest BCUT2D eigenvalue weighted by atomic mass is 16.6. The minimum Gasteiger partial charge on any atom is -0.433 e. The SMILES string of the molecule is C=CCN1c2ccc([N+](=O)[O-])cc2Oc2nc3ccccc3nc21. The number of hydrogen-bond donors (Lipinski definition) is 0. The molecule has 24 heavy (non-hydrogen) atoms. The molecule has 0 spiro atoms. The monoisotopic (exact) mass is 320 g/mol. The molecular weight excluding hydrogens is 308 g/mol. The molecule has 2 aromatic carbocycles. The van der Waals surface area contributed by atoms with E-state index < -0.39 is 4.92 Å². The fourth-order valence-corrected chi connectivity index (χ4v) is 2.67. The fourth-order valence-electron chi connectivity index (χ4n) is 2.67. The van der Waals surface area contributed by atoms with Gasteiger partial charge in [0.2, 0.25) is 0 Å². The second-order valence-electron chi connectivity index (χ2n) is 5.25. The maximum absolute atomic E-state index is 11.0. The van der Waals surface area contributed by atoms with Crippen molar-refractivity contribution in [1.82, 2.24) is 9.97 Å². The Morgan fingerprint density at radius 1 is 1.21 bits per heavy atom. The van der Waals surface area contributed by atoms with Crippen LogP contribution in [0.25, 0.3) is 11.0 Å². The van der Waals surface area contributed by atoms with Gasteiger partial charge in [-0.15, -0.1) is 6.58 Å². The zero-order chi connectivity index (χ0) is 16.7. The highest BCUT2D eigenvalue weighted by molar-refractivity contribution is 5.82. The molecule has 1 aliphatic rings. The van der Waals surface area contributed by atoms with Crippen LogP contribution in [0.15, 0.2) is 55.1 Å². The summed E-state index contributed by atoms with van der Waals surface area (Å²) in [6, 6.07) is 12.0. The maximum Gasteiger partial charge on any atom is 0.273 e. The Hall–Kier alpha value is -3.48. The lowest BCUT2D eigenvalue weighted by molar-refractivity contribution is -0.384. The Morgan fingerprint density at radius 2 is 1.96 bits per heavy atom. The standard InChI is InChI=1S/C17H12N4O3/c1-2-9-20-14-8-7-11(21(22)23)10-15(14)24-17-16(20)18-12-5-3-4-6-13(12)19-17/h2-8,10H,1,9H2. The molecule has 1 aliphatic heterocycles. The molecule has 4 rings (SSSR count). The Morgan fingerprint density at radius 3 is 2.67 bits per heavy atom. The molecule has 0 radical (unpaired) electrons. The third kappa shape index (κ3) is 2.14. The number of anilines is 2. The second-order valence-corrected chi connectivity index (χ2v) is 5.25. The van der Waals surface area contributed by atoms with Crippen LogP contribution in [0, 0.1) is 10.1 Å². The lowest BCUT2D eigenvalue weighted by atomic mass is 10.2. The minimum absolute atomic E-state index is 0.0375. The van der Waals surface area contributed by atoms with Crippen LogP contribution < -0.4 is 9.64 Å². The first-order valence-electron chi connectivity index (χ1n) is 7.29. The van der Waals surface area contributed by atoms with Gasteiger partial charge in [-0.1, -0.05) is 18.2 Å². The van der Waals surface area contributed by atoms with Gasteiger partial charge in [0.1, 0.15) is 0 Å². The lowest BCUT2D eigenvalue weighted by Crippen LogP contribution is -2.23. The van der Waals surface area contributed by atoms with E-state index in [1.807, 2.05) is 29.2 Å². The van der Waals surface area contributed by atoms with E-state index in [9.17, 15) is 10.1 Å². The van der Waals surface area contributed by atoms with Crippen molar-refractivity contribution in [3.63, 3.8) is 0 Å². The summed E-state index contributed by atoms with van der Waals surface area (Å²) in [5, 5.41) is 11.0. The number of fused-ring (bicyclic) bond motifs is 3. The van der Waals surface area contributed by atoms with Crippen molar-refractivity contribution in [1.29, 1.82) is 0 Å². The summed E-state index contributed by atoms with van der Waals surface area (Å²) in [6.07, 6.45) is 1.73. The molecule has 0 saturated carbocycles. The molecule has 0 amide bonds. The summed E-state index contributed by atoms with van der Waals surface area (Å²) >= 11 is 0. The molecular formula is C17H12N4O3. The topological polar surface area (TPSA) is 81.4 Å². The predicted octanol–water partition coefficient (Wildman–Crippen LogP) is 3.97. The van der Waals surface area contributed by atoms with Crippen LogP contribution in [0.1, 0.15) is 0 Å². The number of non-ortho nitro benzene ring substituents is 1. The Bertz CT molecular complexity index is 987. The summed E-state index contributed by atoms with van der Waals surface area (Å²) in [7, 11) is 0. The fraction of sp³-hybridized carbons (Fsp3) is 0.0588. The van der Waals surface area contributed by atoms with Gasteiger partial charge in [-0.05, 0) is 18.2 Å². The maximum atomic E-state index is 11.0. The van der Waals surface area contributed by atoms with Crippen molar-refractivity contribution >= 4 is 28.2 Å². The molecule has 0 atom stereocenters. The van der Waals surface area contributed by atoms with Crippen molar-refractivity contribution in [2.75, 3.05) is 11.4 Å². The predicted molar refractivity (Wildman–Crippen MR) is 89.9 cm³/mol. The third-order valence-corrected chi connectivity index (χ3v) is 3.74. The summed E-state index contributed by atoms with van der Waals surface area (Å²) in [4.78, 5) is 21.6. The summed E-state index contributed by atoms with van der Waals surface area (Å²) in [5.74, 6) is 1.27. The van der Waals surface area contributed by atoms with E-state index in [0.717, 1.165) is 5.52 Å². The van der Waals surface area contributed by atoms with Crippen molar-refractivity contribution in [3.8, 4) is 11.6 Å². The van der Waals surface area contributed by atoms with E-state index in [2.05, 4.69) is 16.5 Å². The summed E-state index contributed by atoms with van der Waals surface area (Å²) < 4.78 is 5.80. The molecule has 3 aromatic rings. The van der Waals surface area contributed by atoms with Crippen molar-refractivity contribution in [2.45, 2.75) is 0 Å². The lowest BCUT2D eigenvalue weighted by Gasteiger charge is -2.30. The van der Waals surface area contributed by atoms with Gasteiger partial charge in [0.15, 0.2) is 11.6 Å². The molecule has 1 aromatic heterocycles. The van der Waals surface area contributed by atoms with Gasteiger partial charge in [-0.3, -0.25) is 10.1 Å². The van der Waals surface area contributed by atoms with Gasteiger partial charge in [-0.25, -0.2) is 9.97 Å². The number of nitro benzene ring substituents is 1. The van der Waals surface area contributed by atoms with Crippen molar-refractivity contribution in [2.24, 2.45) is 0 Å². The first-order valence-corrected chi connectivity index (χ1v) is 7.29. The van der Waals surface area contributed by atoms with E-state index >= 15 is 0 Å². The number of nitrogens with zero attached hydrogens (tertiary/aromatic N) is 4. The smallest absolute Gasteiger partial charge is 0.273 e. The van der Waals surface area contributed by atoms with Gasteiger partial charge >= 0.3 is 0 Å². The van der Waals surface area contributed by atoms with Crippen LogP contribution in [-0.2, 0) is 0 Å².